The number of hydrogen-bond acceptors (Lipinski definition) is 7. The second-order valence-electron chi connectivity index (χ2n) is 7.27. The lowest BCUT2D eigenvalue weighted by molar-refractivity contribution is -0.139. The van der Waals surface area contributed by atoms with Gasteiger partial charge >= 0.3 is 18.2 Å². The third kappa shape index (κ3) is 7.18. The molecule has 3 aromatic rings. The Morgan fingerprint density at radius 1 is 0.647 bits per heavy atom. The molecule has 3 rings (SSSR count). The standard InChI is InChI=1S/C26H26N2O6/c27-19-11-10-18-23(24(29)32-20-12-4-1-5-13-20)28(25(30)33-21-14-6-2-7-15-21)26(31)34-22-16-8-3-9-17-22/h1-9,12-17,23H,10-11,18-19,27H2. The number of rotatable bonds is 9. The van der Waals surface area contributed by atoms with Crippen molar-refractivity contribution in [3.63, 3.8) is 0 Å². The predicted octanol–water partition coefficient (Wildman–Crippen LogP) is 4.79. The highest BCUT2D eigenvalue weighted by Gasteiger charge is 2.39. The lowest BCUT2D eigenvalue weighted by atomic mass is 10.1. The van der Waals surface area contributed by atoms with Gasteiger partial charge in [0.2, 0.25) is 0 Å². The number of imide groups is 1. The van der Waals surface area contributed by atoms with Crippen LogP contribution in [0.2, 0.25) is 0 Å². The van der Waals surface area contributed by atoms with E-state index in [1.54, 1.807) is 91.0 Å². The highest BCUT2D eigenvalue weighted by Crippen LogP contribution is 2.20. The van der Waals surface area contributed by atoms with E-state index in [2.05, 4.69) is 0 Å². The Balaban J connectivity index is 1.90. The molecule has 8 nitrogen and oxygen atoms in total. The molecule has 8 heteroatoms. The van der Waals surface area contributed by atoms with E-state index >= 15 is 0 Å². The number of amides is 2. The molecule has 0 fully saturated rings. The van der Waals surface area contributed by atoms with Crippen molar-refractivity contribution >= 4 is 18.2 Å². The molecule has 0 radical (unpaired) electrons. The average molecular weight is 463 g/mol. The fraction of sp³-hybridized carbons (Fsp3) is 0.192. The number of para-hydroxylation sites is 3. The fourth-order valence-electron chi connectivity index (χ4n) is 3.11. The van der Waals surface area contributed by atoms with Crippen molar-refractivity contribution in [2.24, 2.45) is 5.73 Å². The molecule has 2 amide bonds. The summed E-state index contributed by atoms with van der Waals surface area (Å²) in [6, 6.07) is 23.6. The summed E-state index contributed by atoms with van der Waals surface area (Å²) in [6.07, 6.45) is -0.940. The molecule has 0 aromatic heterocycles. The number of carbonyl (C=O) groups is 3. The summed E-state index contributed by atoms with van der Waals surface area (Å²) < 4.78 is 16.2. The van der Waals surface area contributed by atoms with E-state index in [4.69, 9.17) is 19.9 Å². The van der Waals surface area contributed by atoms with Crippen LogP contribution in [0.1, 0.15) is 19.3 Å². The number of hydrogen-bond donors (Lipinski definition) is 1. The number of benzene rings is 3. The molecule has 0 aliphatic rings. The van der Waals surface area contributed by atoms with Gasteiger partial charge in [-0.2, -0.15) is 4.90 Å². The zero-order chi connectivity index (χ0) is 24.2. The summed E-state index contributed by atoms with van der Waals surface area (Å²) in [5, 5.41) is 0. The number of ether oxygens (including phenoxy) is 3. The van der Waals surface area contributed by atoms with E-state index in [1.165, 1.54) is 0 Å². The molecule has 0 saturated carbocycles. The third-order valence-corrected chi connectivity index (χ3v) is 4.77. The van der Waals surface area contributed by atoms with Crippen LogP contribution < -0.4 is 19.9 Å². The lowest BCUT2D eigenvalue weighted by Crippen LogP contribution is -2.52. The van der Waals surface area contributed by atoms with Gasteiger partial charge in [-0.1, -0.05) is 54.6 Å². The van der Waals surface area contributed by atoms with Crippen molar-refractivity contribution in [3.8, 4) is 17.2 Å². The van der Waals surface area contributed by atoms with Gasteiger partial charge in [-0.25, -0.2) is 14.4 Å². The molecular formula is C26H26N2O6. The monoisotopic (exact) mass is 462 g/mol. The molecule has 1 atom stereocenters. The molecule has 34 heavy (non-hydrogen) atoms. The van der Waals surface area contributed by atoms with Gasteiger partial charge in [0.25, 0.3) is 0 Å². The van der Waals surface area contributed by atoms with Crippen LogP contribution in [0.15, 0.2) is 91.0 Å². The van der Waals surface area contributed by atoms with Gasteiger partial charge < -0.3 is 19.9 Å². The summed E-state index contributed by atoms with van der Waals surface area (Å²) in [7, 11) is 0. The van der Waals surface area contributed by atoms with E-state index in [0.717, 1.165) is 0 Å². The Bertz CT molecular complexity index is 1010. The van der Waals surface area contributed by atoms with Crippen LogP contribution in [-0.2, 0) is 4.79 Å². The number of nitrogens with two attached hydrogens (primary N) is 1. The first-order valence-corrected chi connectivity index (χ1v) is 10.9. The average Bonchev–Trinajstić information content (AvgIpc) is 2.85. The Morgan fingerprint density at radius 2 is 1.06 bits per heavy atom. The number of unbranched alkanes of at least 4 members (excludes halogenated alkanes) is 1. The first-order valence-electron chi connectivity index (χ1n) is 10.9. The summed E-state index contributed by atoms with van der Waals surface area (Å²) in [4.78, 5) is 40.1. The highest BCUT2D eigenvalue weighted by atomic mass is 16.6. The summed E-state index contributed by atoms with van der Waals surface area (Å²) in [5.74, 6) is -0.0911. The minimum absolute atomic E-state index is 0.122. The first-order chi connectivity index (χ1) is 16.6. The van der Waals surface area contributed by atoms with E-state index in [-0.39, 0.29) is 23.7 Å². The van der Waals surface area contributed by atoms with Gasteiger partial charge in [0.15, 0.2) is 0 Å². The van der Waals surface area contributed by atoms with Crippen LogP contribution in [0, 0.1) is 0 Å². The van der Waals surface area contributed by atoms with Gasteiger partial charge in [-0.3, -0.25) is 0 Å². The van der Waals surface area contributed by atoms with Gasteiger partial charge in [-0.15, -0.1) is 0 Å². The quantitative estimate of drug-likeness (QED) is 0.277. The molecule has 2 N–H and O–H groups in total. The second kappa shape index (κ2) is 12.8. The lowest BCUT2D eigenvalue weighted by Gasteiger charge is -2.27. The molecule has 0 spiro atoms. The molecule has 0 saturated heterocycles. The molecular weight excluding hydrogens is 436 g/mol. The van der Waals surface area contributed by atoms with Crippen molar-refractivity contribution < 1.29 is 28.6 Å². The number of nitrogens with zero attached hydrogens (tertiary/aromatic N) is 1. The first kappa shape index (κ1) is 24.5. The molecule has 0 aliphatic heterocycles. The van der Waals surface area contributed by atoms with Crippen LogP contribution in [0.3, 0.4) is 0 Å². The van der Waals surface area contributed by atoms with Gasteiger partial charge in [0.1, 0.15) is 23.3 Å². The van der Waals surface area contributed by atoms with Gasteiger partial charge in [0.05, 0.1) is 0 Å². The summed E-state index contributed by atoms with van der Waals surface area (Å²) in [5.41, 5.74) is 5.60. The van der Waals surface area contributed by atoms with E-state index in [1.807, 2.05) is 0 Å². The van der Waals surface area contributed by atoms with Crippen LogP contribution in [-0.4, -0.2) is 35.6 Å². The highest BCUT2D eigenvalue weighted by molar-refractivity contribution is 5.95. The minimum Gasteiger partial charge on any atom is -0.425 e. The Labute approximate surface area is 197 Å². The molecule has 176 valence electrons. The normalized spacial score (nSPS) is 11.2. The van der Waals surface area contributed by atoms with Crippen molar-refractivity contribution in [2.45, 2.75) is 25.3 Å². The van der Waals surface area contributed by atoms with Crippen LogP contribution in [0.25, 0.3) is 0 Å². The zero-order valence-corrected chi connectivity index (χ0v) is 18.5. The van der Waals surface area contributed by atoms with Crippen molar-refractivity contribution in [3.05, 3.63) is 91.0 Å². The van der Waals surface area contributed by atoms with E-state index in [9.17, 15) is 14.4 Å². The topological polar surface area (TPSA) is 108 Å². The van der Waals surface area contributed by atoms with Crippen molar-refractivity contribution in [2.75, 3.05) is 6.54 Å². The largest absolute Gasteiger partial charge is 0.425 e. The second-order valence-corrected chi connectivity index (χ2v) is 7.27. The third-order valence-electron chi connectivity index (χ3n) is 4.77. The molecule has 0 heterocycles. The van der Waals surface area contributed by atoms with Crippen LogP contribution in [0.4, 0.5) is 9.59 Å². The molecule has 0 bridgehead atoms. The Kier molecular flexibility index (Phi) is 9.19. The van der Waals surface area contributed by atoms with E-state index in [0.29, 0.717) is 24.3 Å². The maximum atomic E-state index is 13.2. The predicted molar refractivity (Wildman–Crippen MR) is 126 cm³/mol. The van der Waals surface area contributed by atoms with Crippen LogP contribution >= 0.6 is 0 Å². The smallest absolute Gasteiger partial charge is 0.425 e. The molecule has 1 unspecified atom stereocenters. The maximum Gasteiger partial charge on any atom is 0.425 e. The van der Waals surface area contributed by atoms with Crippen molar-refractivity contribution in [1.29, 1.82) is 0 Å². The summed E-state index contributed by atoms with van der Waals surface area (Å²) in [6.45, 7) is 0.392. The molecule has 0 aliphatic carbocycles. The fourth-order valence-corrected chi connectivity index (χ4v) is 3.11. The zero-order valence-electron chi connectivity index (χ0n) is 18.5. The van der Waals surface area contributed by atoms with Gasteiger partial charge in [0, 0.05) is 0 Å². The Morgan fingerprint density at radius 3 is 1.47 bits per heavy atom. The SMILES string of the molecule is NCCCCC(C(=O)Oc1ccccc1)N(C(=O)Oc1ccccc1)C(=O)Oc1ccccc1. The van der Waals surface area contributed by atoms with Crippen molar-refractivity contribution in [1.82, 2.24) is 4.90 Å². The molecule has 3 aromatic carbocycles. The number of esters is 1. The van der Waals surface area contributed by atoms with E-state index < -0.39 is 24.2 Å². The Hall–Kier alpha value is -4.17. The maximum absolute atomic E-state index is 13.2. The van der Waals surface area contributed by atoms with Crippen LogP contribution in [0.5, 0.6) is 17.2 Å². The minimum atomic E-state index is -1.29. The number of carbonyl (C=O) groups excluding carboxylic acids is 3. The van der Waals surface area contributed by atoms with Gasteiger partial charge in [-0.05, 0) is 62.2 Å². The summed E-state index contributed by atoms with van der Waals surface area (Å²) >= 11 is 0.